The molecule has 0 radical (unpaired) electrons. The highest BCUT2D eigenvalue weighted by atomic mass is 19.1. The average molecular weight is 425 g/mol. The monoisotopic (exact) mass is 424 g/mol. The highest BCUT2D eigenvalue weighted by molar-refractivity contribution is 5.80. The van der Waals surface area contributed by atoms with Crippen LogP contribution >= 0.6 is 0 Å². The summed E-state index contributed by atoms with van der Waals surface area (Å²) in [6.07, 6.45) is 3.23. The minimum absolute atomic E-state index is 0.0250. The van der Waals surface area contributed by atoms with Crippen LogP contribution in [0.2, 0.25) is 0 Å². The summed E-state index contributed by atoms with van der Waals surface area (Å²) in [5, 5.41) is 6.60. The maximum atomic E-state index is 14.3. The molecule has 0 aliphatic heterocycles. The van der Waals surface area contributed by atoms with E-state index in [1.54, 1.807) is 19.0 Å². The molecule has 0 spiro atoms. The summed E-state index contributed by atoms with van der Waals surface area (Å²) in [5.74, 6) is -0.680. The highest BCUT2D eigenvalue weighted by Crippen LogP contribution is 2.26. The highest BCUT2D eigenvalue weighted by Gasteiger charge is 2.28. The molecule has 2 N–H and O–H groups in total. The molecule has 8 heteroatoms. The van der Waals surface area contributed by atoms with Crippen molar-refractivity contribution in [2.75, 3.05) is 33.8 Å². The number of halogens is 2. The van der Waals surface area contributed by atoms with Crippen LogP contribution in [0.15, 0.2) is 23.2 Å². The summed E-state index contributed by atoms with van der Waals surface area (Å²) >= 11 is 0. The van der Waals surface area contributed by atoms with Crippen LogP contribution in [0.1, 0.15) is 51.1 Å². The van der Waals surface area contributed by atoms with Crippen molar-refractivity contribution < 1.29 is 18.3 Å². The first-order valence-electron chi connectivity index (χ1n) is 10.7. The Kier molecular flexibility index (Phi) is 9.49. The molecule has 1 atom stereocenters. The number of hydrogen-bond donors (Lipinski definition) is 2. The van der Waals surface area contributed by atoms with Gasteiger partial charge in [0.05, 0.1) is 25.1 Å². The number of carbonyl (C=O) groups is 1. The minimum Gasteiger partial charge on any atom is -0.466 e. The second kappa shape index (κ2) is 11.8. The van der Waals surface area contributed by atoms with Crippen LogP contribution in [0.5, 0.6) is 0 Å². The normalized spacial score (nSPS) is 20.7. The molecule has 1 aromatic carbocycles. The first-order valence-corrected chi connectivity index (χ1v) is 10.7. The van der Waals surface area contributed by atoms with Crippen molar-refractivity contribution in [3.05, 3.63) is 35.4 Å². The Bertz CT molecular complexity index is 699. The first-order chi connectivity index (χ1) is 14.4. The third kappa shape index (κ3) is 6.65. The van der Waals surface area contributed by atoms with E-state index < -0.39 is 17.7 Å². The number of ether oxygens (including phenoxy) is 1. The fourth-order valence-corrected chi connectivity index (χ4v) is 3.77. The predicted molar refractivity (Wildman–Crippen MR) is 114 cm³/mol. The standard InChI is InChI=1S/C22H34F2N4O2/c1-5-25-22(27-16-12-10-15(11-13-16)21(29)30-6-2)26-14-19(28(3)4)20-17(23)8-7-9-18(20)24/h7-9,15-16,19H,5-6,10-14H2,1-4H3,(H2,25,26,27). The molecule has 6 nitrogen and oxygen atoms in total. The van der Waals surface area contributed by atoms with Gasteiger partial charge in [-0.1, -0.05) is 6.07 Å². The Balaban J connectivity index is 2.04. The lowest BCUT2D eigenvalue weighted by molar-refractivity contribution is -0.149. The largest absolute Gasteiger partial charge is 0.466 e. The molecule has 1 aliphatic carbocycles. The molecule has 1 saturated carbocycles. The van der Waals surface area contributed by atoms with E-state index in [4.69, 9.17) is 4.74 Å². The van der Waals surface area contributed by atoms with Crippen LogP contribution in [0.25, 0.3) is 0 Å². The van der Waals surface area contributed by atoms with Gasteiger partial charge in [0.1, 0.15) is 11.6 Å². The molecule has 2 rings (SSSR count). The predicted octanol–water partition coefficient (Wildman–Crippen LogP) is 3.24. The summed E-state index contributed by atoms with van der Waals surface area (Å²) < 4.78 is 33.7. The van der Waals surface area contributed by atoms with E-state index in [0.29, 0.717) is 19.1 Å². The number of carbonyl (C=O) groups excluding carboxylic acids is 1. The van der Waals surface area contributed by atoms with E-state index >= 15 is 0 Å². The number of guanidine groups is 1. The van der Waals surface area contributed by atoms with Crippen molar-refractivity contribution in [3.8, 4) is 0 Å². The van der Waals surface area contributed by atoms with Gasteiger partial charge in [-0.3, -0.25) is 9.79 Å². The molecule has 168 valence electrons. The van der Waals surface area contributed by atoms with Gasteiger partial charge in [0.15, 0.2) is 5.96 Å². The Labute approximate surface area is 178 Å². The summed E-state index contributed by atoms with van der Waals surface area (Å²) in [6.45, 7) is 5.07. The zero-order chi connectivity index (χ0) is 22.1. The van der Waals surface area contributed by atoms with Crippen molar-refractivity contribution in [2.45, 2.75) is 51.6 Å². The van der Waals surface area contributed by atoms with Crippen molar-refractivity contribution in [2.24, 2.45) is 10.9 Å². The molecular formula is C22H34F2N4O2. The quantitative estimate of drug-likeness (QED) is 0.381. The van der Waals surface area contributed by atoms with Crippen LogP contribution in [0.4, 0.5) is 8.78 Å². The first kappa shape index (κ1) is 24.1. The van der Waals surface area contributed by atoms with Gasteiger partial charge in [-0.15, -0.1) is 0 Å². The van der Waals surface area contributed by atoms with Gasteiger partial charge >= 0.3 is 5.97 Å². The molecule has 0 bridgehead atoms. The van der Waals surface area contributed by atoms with E-state index in [1.165, 1.54) is 18.2 Å². The van der Waals surface area contributed by atoms with Crippen LogP contribution in [-0.2, 0) is 9.53 Å². The van der Waals surface area contributed by atoms with Gasteiger partial charge in [-0.25, -0.2) is 8.78 Å². The maximum absolute atomic E-state index is 14.3. The van der Waals surface area contributed by atoms with Gasteiger partial charge in [0.25, 0.3) is 0 Å². The van der Waals surface area contributed by atoms with Crippen molar-refractivity contribution in [3.63, 3.8) is 0 Å². The molecule has 0 heterocycles. The fourth-order valence-electron chi connectivity index (χ4n) is 3.77. The zero-order valence-electron chi connectivity index (χ0n) is 18.4. The number of hydrogen-bond acceptors (Lipinski definition) is 4. The smallest absolute Gasteiger partial charge is 0.308 e. The SMILES string of the molecule is CCNC(=NCC(c1c(F)cccc1F)N(C)C)NC1CCC(C(=O)OCC)CC1. The van der Waals surface area contributed by atoms with Crippen LogP contribution in [0.3, 0.4) is 0 Å². The molecule has 1 fully saturated rings. The van der Waals surface area contributed by atoms with E-state index in [-0.39, 0.29) is 30.0 Å². The number of esters is 1. The third-order valence-corrected chi connectivity index (χ3v) is 5.41. The third-order valence-electron chi connectivity index (χ3n) is 5.41. The van der Waals surface area contributed by atoms with Gasteiger partial charge < -0.3 is 20.3 Å². The molecular weight excluding hydrogens is 390 g/mol. The van der Waals surface area contributed by atoms with Gasteiger partial charge in [-0.2, -0.15) is 0 Å². The molecule has 1 aliphatic rings. The topological polar surface area (TPSA) is 66.0 Å². The second-order valence-corrected chi connectivity index (χ2v) is 7.78. The minimum atomic E-state index is -0.570. The summed E-state index contributed by atoms with van der Waals surface area (Å²) in [6, 6.07) is 3.56. The van der Waals surface area contributed by atoms with Gasteiger partial charge in [0, 0.05) is 18.2 Å². The fraction of sp³-hybridized carbons (Fsp3) is 0.636. The van der Waals surface area contributed by atoms with E-state index in [2.05, 4.69) is 15.6 Å². The lowest BCUT2D eigenvalue weighted by Gasteiger charge is -2.29. The summed E-state index contributed by atoms with van der Waals surface area (Å²) in [4.78, 5) is 18.3. The zero-order valence-corrected chi connectivity index (χ0v) is 18.4. The van der Waals surface area contributed by atoms with Crippen LogP contribution in [-0.4, -0.2) is 56.7 Å². The second-order valence-electron chi connectivity index (χ2n) is 7.78. The van der Waals surface area contributed by atoms with E-state index in [0.717, 1.165) is 25.7 Å². The van der Waals surface area contributed by atoms with E-state index in [1.807, 2.05) is 13.8 Å². The summed E-state index contributed by atoms with van der Waals surface area (Å²) in [7, 11) is 3.56. The number of nitrogens with one attached hydrogen (secondary N) is 2. The molecule has 0 saturated heterocycles. The number of nitrogens with zero attached hydrogens (tertiary/aromatic N) is 2. The number of benzene rings is 1. The number of aliphatic imine (C=N–C) groups is 1. The van der Waals surface area contributed by atoms with Crippen molar-refractivity contribution in [1.82, 2.24) is 15.5 Å². The number of rotatable bonds is 8. The van der Waals surface area contributed by atoms with E-state index in [9.17, 15) is 13.6 Å². The molecule has 0 aromatic heterocycles. The summed E-state index contributed by atoms with van der Waals surface area (Å²) in [5.41, 5.74) is 0.0250. The Hall–Kier alpha value is -2.22. The Morgan fingerprint density at radius 1 is 1.20 bits per heavy atom. The molecule has 30 heavy (non-hydrogen) atoms. The molecule has 1 aromatic rings. The molecule has 0 amide bonds. The Morgan fingerprint density at radius 2 is 1.83 bits per heavy atom. The lowest BCUT2D eigenvalue weighted by atomic mass is 9.86. The average Bonchev–Trinajstić information content (AvgIpc) is 2.70. The van der Waals surface area contributed by atoms with Gasteiger partial charge in [0.2, 0.25) is 0 Å². The lowest BCUT2D eigenvalue weighted by Crippen LogP contribution is -2.45. The Morgan fingerprint density at radius 3 is 2.37 bits per heavy atom. The van der Waals surface area contributed by atoms with Crippen LogP contribution < -0.4 is 10.6 Å². The number of likely N-dealkylation sites (N-methyl/N-ethyl adjacent to an activating group) is 1. The van der Waals surface area contributed by atoms with Crippen LogP contribution in [0, 0.1) is 17.6 Å². The van der Waals surface area contributed by atoms with Crippen molar-refractivity contribution >= 4 is 11.9 Å². The maximum Gasteiger partial charge on any atom is 0.308 e. The van der Waals surface area contributed by atoms with Crippen molar-refractivity contribution in [1.29, 1.82) is 0 Å². The molecule has 1 unspecified atom stereocenters. The van der Waals surface area contributed by atoms with Gasteiger partial charge in [-0.05, 0) is 65.8 Å².